The second kappa shape index (κ2) is 7.68. The van der Waals surface area contributed by atoms with Crippen LogP contribution in [0.25, 0.3) is 0 Å². The lowest BCUT2D eigenvalue weighted by Crippen LogP contribution is -2.48. The van der Waals surface area contributed by atoms with Crippen LogP contribution >= 0.6 is 15.9 Å². The summed E-state index contributed by atoms with van der Waals surface area (Å²) in [6, 6.07) is 5.35. The summed E-state index contributed by atoms with van der Waals surface area (Å²) >= 11 is 3.48. The monoisotopic (exact) mass is 393 g/mol. The van der Waals surface area contributed by atoms with Gasteiger partial charge < -0.3 is 4.74 Å². The van der Waals surface area contributed by atoms with Gasteiger partial charge in [0.1, 0.15) is 12.1 Å². The van der Waals surface area contributed by atoms with Crippen LogP contribution in [0.15, 0.2) is 22.7 Å². The van der Waals surface area contributed by atoms with E-state index < -0.39 is 6.04 Å². The van der Waals surface area contributed by atoms with Crippen LogP contribution < -0.4 is 4.90 Å². The third-order valence-corrected chi connectivity index (χ3v) is 5.48. The number of halogens is 1. The molecule has 5 heteroatoms. The van der Waals surface area contributed by atoms with Crippen molar-refractivity contribution >= 4 is 33.5 Å². The summed E-state index contributed by atoms with van der Waals surface area (Å²) in [6.45, 7) is 1.94. The number of fused-ring (bicyclic) bond motifs is 1. The highest BCUT2D eigenvalue weighted by Gasteiger charge is 2.35. The van der Waals surface area contributed by atoms with E-state index in [4.69, 9.17) is 4.74 Å². The normalized spacial score (nSPS) is 19.8. The van der Waals surface area contributed by atoms with E-state index in [1.54, 1.807) is 4.90 Å². The second-order valence-corrected chi connectivity index (χ2v) is 7.57. The Labute approximate surface area is 151 Å². The van der Waals surface area contributed by atoms with Crippen molar-refractivity contribution in [1.82, 2.24) is 0 Å². The Hall–Kier alpha value is -1.36. The van der Waals surface area contributed by atoms with Crippen LogP contribution in [-0.2, 0) is 20.7 Å². The van der Waals surface area contributed by atoms with E-state index >= 15 is 0 Å². The quantitative estimate of drug-likeness (QED) is 0.712. The van der Waals surface area contributed by atoms with Gasteiger partial charge in [0.05, 0.1) is 0 Å². The molecule has 1 fully saturated rings. The van der Waals surface area contributed by atoms with Gasteiger partial charge in [0.2, 0.25) is 5.91 Å². The molecule has 0 aromatic heterocycles. The number of benzene rings is 1. The molecule has 0 N–H and O–H groups in total. The van der Waals surface area contributed by atoms with E-state index in [0.717, 1.165) is 47.8 Å². The number of hydrogen-bond donors (Lipinski definition) is 0. The number of carbonyl (C=O) groups is 2. The average Bonchev–Trinajstić information content (AvgIpc) is 2.58. The van der Waals surface area contributed by atoms with Gasteiger partial charge in [0.15, 0.2) is 0 Å². The highest BCUT2D eigenvalue weighted by atomic mass is 79.9. The lowest BCUT2D eigenvalue weighted by Gasteiger charge is -2.35. The van der Waals surface area contributed by atoms with Gasteiger partial charge in [-0.3, -0.25) is 9.69 Å². The molecule has 0 bridgehead atoms. The van der Waals surface area contributed by atoms with Gasteiger partial charge in [-0.15, -0.1) is 0 Å². The smallest absolute Gasteiger partial charge is 0.329 e. The van der Waals surface area contributed by atoms with Gasteiger partial charge in [-0.25, -0.2) is 4.79 Å². The first-order valence-electron chi connectivity index (χ1n) is 8.91. The van der Waals surface area contributed by atoms with E-state index in [1.165, 1.54) is 6.42 Å². The fraction of sp³-hybridized carbons (Fsp3) is 0.579. The molecular formula is C19H24BrNO3. The Kier molecular flexibility index (Phi) is 5.59. The molecule has 4 nitrogen and oxygen atoms in total. The first kappa shape index (κ1) is 17.5. The third kappa shape index (κ3) is 3.66. The molecule has 1 aromatic rings. The molecule has 1 aliphatic heterocycles. The van der Waals surface area contributed by atoms with Crippen LogP contribution in [0.4, 0.5) is 5.69 Å². The number of aryl methyl sites for hydroxylation is 1. The molecule has 2 aliphatic rings. The Morgan fingerprint density at radius 2 is 2.04 bits per heavy atom. The van der Waals surface area contributed by atoms with Crippen molar-refractivity contribution in [1.29, 1.82) is 0 Å². The molecule has 0 spiro atoms. The topological polar surface area (TPSA) is 46.6 Å². The second-order valence-electron chi connectivity index (χ2n) is 6.66. The van der Waals surface area contributed by atoms with Crippen molar-refractivity contribution in [2.24, 2.45) is 0 Å². The van der Waals surface area contributed by atoms with Crippen LogP contribution in [0.5, 0.6) is 0 Å². The zero-order valence-electron chi connectivity index (χ0n) is 14.1. The van der Waals surface area contributed by atoms with E-state index in [0.29, 0.717) is 12.8 Å². The SMILES string of the molecule is CCC(C(=O)OC1CCCCC1)N1C(=O)CCc2cc(Br)ccc21. The van der Waals surface area contributed by atoms with Gasteiger partial charge >= 0.3 is 5.97 Å². The fourth-order valence-corrected chi connectivity index (χ4v) is 4.12. The summed E-state index contributed by atoms with van der Waals surface area (Å²) in [5.74, 6) is -0.245. The number of amides is 1. The lowest BCUT2D eigenvalue weighted by atomic mass is 9.97. The molecule has 1 heterocycles. The van der Waals surface area contributed by atoms with Gasteiger partial charge in [-0.1, -0.05) is 29.3 Å². The largest absolute Gasteiger partial charge is 0.461 e. The van der Waals surface area contributed by atoms with Gasteiger partial charge in [-0.05, 0) is 62.3 Å². The summed E-state index contributed by atoms with van der Waals surface area (Å²) in [7, 11) is 0. The summed E-state index contributed by atoms with van der Waals surface area (Å²) < 4.78 is 6.74. The van der Waals surface area contributed by atoms with Crippen molar-refractivity contribution in [3.63, 3.8) is 0 Å². The number of ether oxygens (including phenoxy) is 1. The molecule has 1 aliphatic carbocycles. The highest BCUT2D eigenvalue weighted by Crippen LogP contribution is 2.33. The first-order chi connectivity index (χ1) is 11.6. The fourth-order valence-electron chi connectivity index (χ4n) is 3.71. The average molecular weight is 394 g/mol. The zero-order valence-corrected chi connectivity index (χ0v) is 15.7. The van der Waals surface area contributed by atoms with Gasteiger partial charge in [0, 0.05) is 16.6 Å². The molecule has 24 heavy (non-hydrogen) atoms. The molecule has 1 unspecified atom stereocenters. The van der Waals surface area contributed by atoms with E-state index in [1.807, 2.05) is 25.1 Å². The van der Waals surface area contributed by atoms with Crippen LogP contribution in [0, 0.1) is 0 Å². The maximum Gasteiger partial charge on any atom is 0.329 e. The van der Waals surface area contributed by atoms with E-state index in [-0.39, 0.29) is 18.0 Å². The Morgan fingerprint density at radius 1 is 1.29 bits per heavy atom. The van der Waals surface area contributed by atoms with Crippen molar-refractivity contribution in [2.75, 3.05) is 4.90 Å². The number of nitrogens with zero attached hydrogens (tertiary/aromatic N) is 1. The van der Waals surface area contributed by atoms with Crippen molar-refractivity contribution in [2.45, 2.75) is 70.4 Å². The molecule has 1 atom stereocenters. The maximum absolute atomic E-state index is 12.7. The predicted molar refractivity (Wildman–Crippen MR) is 97.0 cm³/mol. The van der Waals surface area contributed by atoms with Crippen LogP contribution in [0.3, 0.4) is 0 Å². The molecule has 1 saturated carbocycles. The Morgan fingerprint density at radius 3 is 2.75 bits per heavy atom. The summed E-state index contributed by atoms with van der Waals surface area (Å²) in [4.78, 5) is 26.9. The molecule has 130 valence electrons. The van der Waals surface area contributed by atoms with Gasteiger partial charge in [-0.2, -0.15) is 0 Å². The number of anilines is 1. The van der Waals surface area contributed by atoms with Crippen molar-refractivity contribution < 1.29 is 14.3 Å². The maximum atomic E-state index is 12.7. The molecule has 1 amide bonds. The third-order valence-electron chi connectivity index (χ3n) is 4.98. The number of carbonyl (C=O) groups excluding carboxylic acids is 2. The molecule has 1 aromatic carbocycles. The highest BCUT2D eigenvalue weighted by molar-refractivity contribution is 9.10. The number of esters is 1. The summed E-state index contributed by atoms with van der Waals surface area (Å²) in [5, 5.41) is 0. The molecule has 3 rings (SSSR count). The Bertz CT molecular complexity index is 625. The van der Waals surface area contributed by atoms with Crippen LogP contribution in [-0.4, -0.2) is 24.0 Å². The number of rotatable bonds is 4. The van der Waals surface area contributed by atoms with Crippen molar-refractivity contribution in [3.05, 3.63) is 28.2 Å². The van der Waals surface area contributed by atoms with E-state index in [9.17, 15) is 9.59 Å². The zero-order chi connectivity index (χ0) is 17.1. The molecular weight excluding hydrogens is 370 g/mol. The van der Waals surface area contributed by atoms with Crippen LogP contribution in [0.1, 0.15) is 57.4 Å². The summed E-state index contributed by atoms with van der Waals surface area (Å²) in [6.07, 6.45) is 7.09. The van der Waals surface area contributed by atoms with Crippen molar-refractivity contribution in [3.8, 4) is 0 Å². The molecule has 0 radical (unpaired) electrons. The van der Waals surface area contributed by atoms with Gasteiger partial charge in [0.25, 0.3) is 0 Å². The lowest BCUT2D eigenvalue weighted by molar-refractivity contribution is -0.153. The van der Waals surface area contributed by atoms with E-state index in [2.05, 4.69) is 15.9 Å². The minimum Gasteiger partial charge on any atom is -0.461 e. The number of hydrogen-bond acceptors (Lipinski definition) is 3. The minimum atomic E-state index is -0.528. The Balaban J connectivity index is 1.81. The van der Waals surface area contributed by atoms with Crippen LogP contribution in [0.2, 0.25) is 0 Å². The standard InChI is InChI=1S/C19H24BrNO3/c1-2-16(19(23)24-15-6-4-3-5-7-15)21-17-10-9-14(20)12-13(17)8-11-18(21)22/h9-10,12,15-16H,2-8,11H2,1H3. The predicted octanol–water partition coefficient (Wildman–Crippen LogP) is 4.38. The molecule has 0 saturated heterocycles. The minimum absolute atomic E-state index is 0.0114. The summed E-state index contributed by atoms with van der Waals surface area (Å²) in [5.41, 5.74) is 1.95. The first-order valence-corrected chi connectivity index (χ1v) is 9.70.